The third-order valence-electron chi connectivity index (χ3n) is 3.33. The van der Waals surface area contributed by atoms with Gasteiger partial charge in [0.05, 0.1) is 12.0 Å². The summed E-state index contributed by atoms with van der Waals surface area (Å²) in [6, 6.07) is 5.54. The zero-order chi connectivity index (χ0) is 14.6. The fraction of sp³-hybridized carbons (Fsp3) is 0.571. The summed E-state index contributed by atoms with van der Waals surface area (Å²) in [7, 11) is -1.86. The molecule has 5 nitrogen and oxygen atoms in total. The molecule has 1 fully saturated rings. The Balaban J connectivity index is 1.86. The first-order valence-corrected chi connectivity index (χ1v) is 8.39. The number of hydrogen-bond acceptors (Lipinski definition) is 4. The summed E-state index contributed by atoms with van der Waals surface area (Å²) in [5.74, 6) is 0.692. The van der Waals surface area contributed by atoms with Crippen molar-refractivity contribution in [2.45, 2.75) is 37.1 Å². The van der Waals surface area contributed by atoms with Gasteiger partial charge in [-0.25, -0.2) is 13.1 Å². The van der Waals surface area contributed by atoms with E-state index in [0.717, 1.165) is 18.5 Å². The first-order valence-electron chi connectivity index (χ1n) is 6.90. The van der Waals surface area contributed by atoms with Crippen LogP contribution in [-0.4, -0.2) is 34.7 Å². The molecule has 1 aromatic carbocycles. The first-order chi connectivity index (χ1) is 9.53. The molecule has 1 aliphatic rings. The topological polar surface area (TPSA) is 67.4 Å². The van der Waals surface area contributed by atoms with Crippen molar-refractivity contribution < 1.29 is 13.2 Å². The number of ether oxygens (including phenoxy) is 1. The van der Waals surface area contributed by atoms with Crippen LogP contribution in [-0.2, 0) is 10.0 Å². The highest BCUT2D eigenvalue weighted by atomic mass is 32.2. The Kier molecular flexibility index (Phi) is 5.01. The summed E-state index contributed by atoms with van der Waals surface area (Å²) in [5.41, 5.74) is 0.811. The van der Waals surface area contributed by atoms with Crippen LogP contribution in [0.5, 0.6) is 5.75 Å². The number of methoxy groups -OCH3 is 1. The zero-order valence-electron chi connectivity index (χ0n) is 12.0. The molecule has 2 N–H and O–H groups in total. The quantitative estimate of drug-likeness (QED) is 0.712. The molecule has 1 saturated carbocycles. The van der Waals surface area contributed by atoms with E-state index in [2.05, 4.69) is 10.0 Å². The number of nitrogens with one attached hydrogen (secondary N) is 2. The summed E-state index contributed by atoms with van der Waals surface area (Å²) in [6.45, 7) is 3.14. The lowest BCUT2D eigenvalue weighted by atomic mass is 10.2. The summed E-state index contributed by atoms with van der Waals surface area (Å²) >= 11 is 0. The Morgan fingerprint density at radius 3 is 2.65 bits per heavy atom. The number of aryl methyl sites for hydroxylation is 1. The Morgan fingerprint density at radius 1 is 1.30 bits per heavy atom. The van der Waals surface area contributed by atoms with Gasteiger partial charge in [0.2, 0.25) is 10.0 Å². The van der Waals surface area contributed by atoms with E-state index in [1.54, 1.807) is 25.3 Å². The molecule has 6 heteroatoms. The monoisotopic (exact) mass is 298 g/mol. The summed E-state index contributed by atoms with van der Waals surface area (Å²) in [4.78, 5) is 0.283. The normalized spacial score (nSPS) is 15.3. The second kappa shape index (κ2) is 6.56. The molecule has 0 aliphatic heterocycles. The molecule has 0 unspecified atom stereocenters. The van der Waals surface area contributed by atoms with Gasteiger partial charge in [-0.15, -0.1) is 0 Å². The first kappa shape index (κ1) is 15.3. The molecule has 112 valence electrons. The molecule has 0 heterocycles. The SMILES string of the molecule is COc1ccc(S(=O)(=O)NCCCNC2CC2)cc1C. The van der Waals surface area contributed by atoms with Crippen molar-refractivity contribution in [1.29, 1.82) is 0 Å². The molecule has 0 radical (unpaired) electrons. The predicted octanol–water partition coefficient (Wildman–Crippen LogP) is 1.42. The minimum absolute atomic E-state index is 0.283. The lowest BCUT2D eigenvalue weighted by Crippen LogP contribution is -2.28. The third-order valence-corrected chi connectivity index (χ3v) is 4.79. The van der Waals surface area contributed by atoms with Gasteiger partial charge in [-0.05, 0) is 56.5 Å². The standard InChI is InChI=1S/C14H22N2O3S/c1-11-10-13(6-7-14(11)19-2)20(17,18)16-9-3-8-15-12-4-5-12/h6-7,10,12,15-16H,3-5,8-9H2,1-2H3. The Morgan fingerprint density at radius 2 is 2.05 bits per heavy atom. The van der Waals surface area contributed by atoms with E-state index in [1.165, 1.54) is 12.8 Å². The van der Waals surface area contributed by atoms with E-state index in [-0.39, 0.29) is 4.90 Å². The maximum absolute atomic E-state index is 12.1. The van der Waals surface area contributed by atoms with Gasteiger partial charge in [-0.3, -0.25) is 0 Å². The van der Waals surface area contributed by atoms with Crippen LogP contribution in [0, 0.1) is 6.92 Å². The van der Waals surface area contributed by atoms with E-state index in [9.17, 15) is 8.42 Å². The van der Waals surface area contributed by atoms with Crippen molar-refractivity contribution in [1.82, 2.24) is 10.0 Å². The van der Waals surface area contributed by atoms with Gasteiger partial charge in [0.15, 0.2) is 0 Å². The van der Waals surface area contributed by atoms with Crippen LogP contribution >= 0.6 is 0 Å². The van der Waals surface area contributed by atoms with Gasteiger partial charge in [0, 0.05) is 12.6 Å². The van der Waals surface area contributed by atoms with Gasteiger partial charge >= 0.3 is 0 Å². The van der Waals surface area contributed by atoms with Gasteiger partial charge < -0.3 is 10.1 Å². The maximum Gasteiger partial charge on any atom is 0.240 e. The van der Waals surface area contributed by atoms with E-state index < -0.39 is 10.0 Å². The zero-order valence-corrected chi connectivity index (χ0v) is 12.8. The second-order valence-electron chi connectivity index (χ2n) is 5.11. The molecule has 0 aromatic heterocycles. The molecule has 1 aliphatic carbocycles. The minimum atomic E-state index is -3.43. The Bertz CT molecular complexity index is 554. The number of hydrogen-bond donors (Lipinski definition) is 2. The largest absolute Gasteiger partial charge is 0.496 e. The molecular formula is C14H22N2O3S. The van der Waals surface area contributed by atoms with Crippen LogP contribution in [0.1, 0.15) is 24.8 Å². The summed E-state index contributed by atoms with van der Waals surface area (Å²) in [6.07, 6.45) is 3.29. The average molecular weight is 298 g/mol. The van der Waals surface area contributed by atoms with E-state index >= 15 is 0 Å². The van der Waals surface area contributed by atoms with Gasteiger partial charge in [-0.1, -0.05) is 0 Å². The van der Waals surface area contributed by atoms with E-state index in [1.807, 2.05) is 6.92 Å². The third kappa shape index (κ3) is 4.19. The molecule has 0 amide bonds. The van der Waals surface area contributed by atoms with Gasteiger partial charge in [0.25, 0.3) is 0 Å². The smallest absolute Gasteiger partial charge is 0.240 e. The predicted molar refractivity (Wildman–Crippen MR) is 78.6 cm³/mol. The van der Waals surface area contributed by atoms with E-state index in [4.69, 9.17) is 4.74 Å². The molecule has 0 atom stereocenters. The fourth-order valence-electron chi connectivity index (χ4n) is 1.99. The van der Waals surface area contributed by atoms with Crippen LogP contribution in [0.2, 0.25) is 0 Å². The lowest BCUT2D eigenvalue weighted by molar-refractivity contribution is 0.411. The molecule has 20 heavy (non-hydrogen) atoms. The molecule has 0 bridgehead atoms. The second-order valence-corrected chi connectivity index (χ2v) is 6.88. The van der Waals surface area contributed by atoms with Crippen molar-refractivity contribution in [3.63, 3.8) is 0 Å². The van der Waals surface area contributed by atoms with Crippen LogP contribution < -0.4 is 14.8 Å². The van der Waals surface area contributed by atoms with Crippen LogP contribution in [0.4, 0.5) is 0 Å². The summed E-state index contributed by atoms with van der Waals surface area (Å²) < 4.78 is 32.0. The minimum Gasteiger partial charge on any atom is -0.496 e. The van der Waals surface area contributed by atoms with Crippen LogP contribution in [0.25, 0.3) is 0 Å². The van der Waals surface area contributed by atoms with Crippen molar-refractivity contribution in [2.75, 3.05) is 20.2 Å². The van der Waals surface area contributed by atoms with E-state index in [0.29, 0.717) is 18.3 Å². The number of benzene rings is 1. The molecule has 1 aromatic rings. The van der Waals surface area contributed by atoms with Crippen molar-refractivity contribution in [3.05, 3.63) is 23.8 Å². The highest BCUT2D eigenvalue weighted by molar-refractivity contribution is 7.89. The fourth-order valence-corrected chi connectivity index (χ4v) is 3.15. The highest BCUT2D eigenvalue weighted by Gasteiger charge is 2.19. The maximum atomic E-state index is 12.1. The molecule has 2 rings (SSSR count). The average Bonchev–Trinajstić information content (AvgIpc) is 3.22. The molecule has 0 saturated heterocycles. The molecule has 0 spiro atoms. The van der Waals surface area contributed by atoms with Crippen LogP contribution in [0.3, 0.4) is 0 Å². The lowest BCUT2D eigenvalue weighted by Gasteiger charge is -2.10. The Labute approximate surface area is 120 Å². The Hall–Kier alpha value is -1.11. The van der Waals surface area contributed by atoms with Gasteiger partial charge in [0.1, 0.15) is 5.75 Å². The van der Waals surface area contributed by atoms with Gasteiger partial charge in [-0.2, -0.15) is 0 Å². The van der Waals surface area contributed by atoms with Crippen molar-refractivity contribution in [2.24, 2.45) is 0 Å². The highest BCUT2D eigenvalue weighted by Crippen LogP contribution is 2.21. The summed E-state index contributed by atoms with van der Waals surface area (Å²) in [5, 5.41) is 3.36. The van der Waals surface area contributed by atoms with Crippen molar-refractivity contribution >= 4 is 10.0 Å². The number of rotatable bonds is 8. The molecular weight excluding hydrogens is 276 g/mol. The van der Waals surface area contributed by atoms with Crippen molar-refractivity contribution in [3.8, 4) is 5.75 Å². The van der Waals surface area contributed by atoms with Crippen LogP contribution in [0.15, 0.2) is 23.1 Å². The number of sulfonamides is 1.